The molecule has 3 rings (SSSR count). The van der Waals surface area contributed by atoms with Crippen LogP contribution in [0.15, 0.2) is 35.2 Å². The molecule has 1 atom stereocenters. The van der Waals surface area contributed by atoms with Crippen LogP contribution in [0.25, 0.3) is 0 Å². The van der Waals surface area contributed by atoms with Crippen LogP contribution >= 0.6 is 0 Å². The van der Waals surface area contributed by atoms with Crippen LogP contribution in [0.1, 0.15) is 10.4 Å². The number of nitrogens with zero attached hydrogens (tertiary/aromatic N) is 1. The van der Waals surface area contributed by atoms with E-state index in [4.69, 9.17) is 4.74 Å². The number of hydrogen-bond donors (Lipinski definition) is 1. The minimum atomic E-state index is -4.51. The van der Waals surface area contributed by atoms with Gasteiger partial charge in [0.25, 0.3) is 5.91 Å². The summed E-state index contributed by atoms with van der Waals surface area (Å²) in [6.45, 7) is -1.16. The largest absolute Gasteiger partial charge is 0.377 e. The van der Waals surface area contributed by atoms with Gasteiger partial charge in [0.2, 0.25) is 10.0 Å². The Morgan fingerprint density at radius 1 is 1.07 bits per heavy atom. The SMILES string of the molecule is O=C(Nc1cc(F)c(F)c(F)c1)c1ccc(F)c(S(=O)(=O)N2CCOCC(F)C2)c1. The maximum atomic E-state index is 14.3. The third kappa shape index (κ3) is 4.60. The fourth-order valence-electron chi connectivity index (χ4n) is 2.77. The molecule has 1 saturated heterocycles. The van der Waals surface area contributed by atoms with E-state index >= 15 is 0 Å². The summed E-state index contributed by atoms with van der Waals surface area (Å²) in [6.07, 6.45) is -1.61. The molecular weight excluding hydrogens is 435 g/mol. The monoisotopic (exact) mass is 450 g/mol. The lowest BCUT2D eigenvalue weighted by Crippen LogP contribution is -2.37. The summed E-state index contributed by atoms with van der Waals surface area (Å²) in [5, 5.41) is 2.07. The highest BCUT2D eigenvalue weighted by Crippen LogP contribution is 2.24. The molecule has 1 aliphatic heterocycles. The molecule has 0 bridgehead atoms. The summed E-state index contributed by atoms with van der Waals surface area (Å²) in [5.41, 5.74) is -0.793. The van der Waals surface area contributed by atoms with Crippen molar-refractivity contribution in [3.05, 3.63) is 59.2 Å². The molecule has 1 heterocycles. The Kier molecular flexibility index (Phi) is 6.38. The highest BCUT2D eigenvalue weighted by atomic mass is 32.2. The normalized spacial score (nSPS) is 18.1. The second kappa shape index (κ2) is 8.66. The molecule has 1 amide bonds. The third-order valence-corrected chi connectivity index (χ3v) is 6.12. The number of alkyl halides is 1. The van der Waals surface area contributed by atoms with Gasteiger partial charge in [-0.3, -0.25) is 4.79 Å². The van der Waals surface area contributed by atoms with Gasteiger partial charge in [0, 0.05) is 36.5 Å². The van der Waals surface area contributed by atoms with Gasteiger partial charge in [-0.05, 0) is 18.2 Å². The van der Waals surface area contributed by atoms with E-state index in [1.165, 1.54) is 0 Å². The van der Waals surface area contributed by atoms with E-state index in [0.29, 0.717) is 16.4 Å². The van der Waals surface area contributed by atoms with Gasteiger partial charge >= 0.3 is 0 Å². The highest BCUT2D eigenvalue weighted by Gasteiger charge is 2.32. The average Bonchev–Trinajstić information content (AvgIpc) is 2.91. The number of carbonyl (C=O) groups is 1. The Bertz CT molecular complexity index is 1060. The van der Waals surface area contributed by atoms with Crippen LogP contribution in [-0.2, 0) is 14.8 Å². The molecule has 0 radical (unpaired) electrons. The summed E-state index contributed by atoms with van der Waals surface area (Å²) in [7, 11) is -4.51. The second-order valence-corrected chi connectivity index (χ2v) is 8.29. The van der Waals surface area contributed by atoms with Crippen LogP contribution in [0.2, 0.25) is 0 Å². The number of nitrogens with one attached hydrogen (secondary N) is 1. The molecule has 0 aromatic heterocycles. The topological polar surface area (TPSA) is 75.7 Å². The Morgan fingerprint density at radius 2 is 1.73 bits per heavy atom. The predicted molar refractivity (Wildman–Crippen MR) is 95.1 cm³/mol. The van der Waals surface area contributed by atoms with Crippen LogP contribution < -0.4 is 5.32 Å². The van der Waals surface area contributed by atoms with Gasteiger partial charge < -0.3 is 10.1 Å². The van der Waals surface area contributed by atoms with Gasteiger partial charge in [-0.2, -0.15) is 4.31 Å². The highest BCUT2D eigenvalue weighted by molar-refractivity contribution is 7.89. The molecule has 162 valence electrons. The zero-order chi connectivity index (χ0) is 22.1. The molecule has 1 aliphatic rings. The molecule has 1 unspecified atom stereocenters. The van der Waals surface area contributed by atoms with E-state index in [1.807, 2.05) is 0 Å². The number of halogens is 5. The predicted octanol–water partition coefficient (Wildman–Crippen LogP) is 2.85. The van der Waals surface area contributed by atoms with Crippen molar-refractivity contribution in [3.8, 4) is 0 Å². The smallest absolute Gasteiger partial charge is 0.255 e. The quantitative estimate of drug-likeness (QED) is 0.574. The number of rotatable bonds is 4. The van der Waals surface area contributed by atoms with Crippen molar-refractivity contribution < 1.29 is 39.9 Å². The summed E-state index contributed by atoms with van der Waals surface area (Å²) in [4.78, 5) is 11.5. The average molecular weight is 450 g/mol. The molecule has 1 N–H and O–H groups in total. The van der Waals surface area contributed by atoms with Crippen LogP contribution in [0, 0.1) is 23.3 Å². The molecule has 0 spiro atoms. The van der Waals surface area contributed by atoms with Crippen molar-refractivity contribution >= 4 is 21.6 Å². The second-order valence-electron chi connectivity index (χ2n) is 6.39. The number of carbonyl (C=O) groups excluding carboxylic acids is 1. The molecular formula is C18H15F5N2O4S. The number of anilines is 1. The summed E-state index contributed by atoms with van der Waals surface area (Å²) in [6, 6.07) is 3.43. The first-order valence-corrected chi connectivity index (χ1v) is 10.0. The van der Waals surface area contributed by atoms with E-state index in [9.17, 15) is 35.2 Å². The molecule has 2 aromatic rings. The number of benzene rings is 2. The molecule has 12 heteroatoms. The number of ether oxygens (including phenoxy) is 1. The zero-order valence-electron chi connectivity index (χ0n) is 15.2. The van der Waals surface area contributed by atoms with Crippen LogP contribution in [0.5, 0.6) is 0 Å². The van der Waals surface area contributed by atoms with Crippen LogP contribution in [-0.4, -0.2) is 51.1 Å². The van der Waals surface area contributed by atoms with E-state index in [-0.39, 0.29) is 25.3 Å². The minimum Gasteiger partial charge on any atom is -0.377 e. The van der Waals surface area contributed by atoms with Gasteiger partial charge in [0.15, 0.2) is 17.5 Å². The fourth-order valence-corrected chi connectivity index (χ4v) is 4.31. The van der Waals surface area contributed by atoms with Crippen molar-refractivity contribution in [1.29, 1.82) is 0 Å². The van der Waals surface area contributed by atoms with E-state index in [2.05, 4.69) is 5.32 Å². The summed E-state index contributed by atoms with van der Waals surface area (Å²) >= 11 is 0. The minimum absolute atomic E-state index is 0.0941. The lowest BCUT2D eigenvalue weighted by molar-refractivity contribution is 0.102. The Labute approximate surface area is 168 Å². The molecule has 6 nitrogen and oxygen atoms in total. The molecule has 0 aliphatic carbocycles. The first-order valence-electron chi connectivity index (χ1n) is 8.57. The van der Waals surface area contributed by atoms with Crippen LogP contribution in [0.4, 0.5) is 27.6 Å². The molecule has 1 fully saturated rings. The number of hydrogen-bond acceptors (Lipinski definition) is 4. The number of amides is 1. The zero-order valence-corrected chi connectivity index (χ0v) is 16.0. The third-order valence-electron chi connectivity index (χ3n) is 4.24. The molecule has 0 saturated carbocycles. The van der Waals surface area contributed by atoms with E-state index in [1.54, 1.807) is 0 Å². The Balaban J connectivity index is 1.90. The summed E-state index contributed by atoms with van der Waals surface area (Å²) < 4.78 is 98.7. The van der Waals surface area contributed by atoms with Crippen molar-refractivity contribution in [2.75, 3.05) is 31.6 Å². The standard InChI is InChI=1S/C18H15F5N2O4S/c19-11-8-25(3-4-29-9-11)30(27,28)16-5-10(1-2-13(16)20)18(26)24-12-6-14(21)17(23)15(22)7-12/h1-2,5-7,11H,3-4,8-9H2,(H,24,26). The number of sulfonamides is 1. The Hall–Kier alpha value is -2.57. The van der Waals surface area contributed by atoms with Crippen LogP contribution in [0.3, 0.4) is 0 Å². The van der Waals surface area contributed by atoms with Gasteiger partial charge in [0.1, 0.15) is 16.9 Å². The van der Waals surface area contributed by atoms with Gasteiger partial charge in [-0.15, -0.1) is 0 Å². The van der Waals surface area contributed by atoms with E-state index < -0.39 is 62.5 Å². The first-order chi connectivity index (χ1) is 14.1. The maximum Gasteiger partial charge on any atom is 0.255 e. The molecule has 2 aromatic carbocycles. The van der Waals surface area contributed by atoms with Gasteiger partial charge in [0.05, 0.1) is 13.2 Å². The van der Waals surface area contributed by atoms with Gasteiger partial charge in [-0.25, -0.2) is 30.4 Å². The Morgan fingerprint density at radius 3 is 2.40 bits per heavy atom. The molecule has 30 heavy (non-hydrogen) atoms. The fraction of sp³-hybridized carbons (Fsp3) is 0.278. The van der Waals surface area contributed by atoms with Crippen molar-refractivity contribution in [1.82, 2.24) is 4.31 Å². The van der Waals surface area contributed by atoms with Crippen molar-refractivity contribution in [2.24, 2.45) is 0 Å². The maximum absolute atomic E-state index is 14.3. The lowest BCUT2D eigenvalue weighted by atomic mass is 10.2. The van der Waals surface area contributed by atoms with Crippen molar-refractivity contribution in [3.63, 3.8) is 0 Å². The summed E-state index contributed by atoms with van der Waals surface area (Å²) in [5.74, 6) is -7.02. The lowest BCUT2D eigenvalue weighted by Gasteiger charge is -2.21. The van der Waals surface area contributed by atoms with Gasteiger partial charge in [-0.1, -0.05) is 0 Å². The van der Waals surface area contributed by atoms with E-state index in [0.717, 1.165) is 18.2 Å². The van der Waals surface area contributed by atoms with Crippen molar-refractivity contribution in [2.45, 2.75) is 11.1 Å². The first kappa shape index (κ1) is 22.1.